The van der Waals surface area contributed by atoms with Crippen molar-refractivity contribution in [2.45, 2.75) is 0 Å². The summed E-state index contributed by atoms with van der Waals surface area (Å²) in [7, 11) is 0. The molecule has 0 spiro atoms. The predicted octanol–water partition coefficient (Wildman–Crippen LogP) is 0.878. The number of hydrogen-bond acceptors (Lipinski definition) is 1. The molecule has 1 heterocycles. The number of thiocarbonyl (C=S) groups is 1. The van der Waals surface area contributed by atoms with Crippen LogP contribution in [-0.4, -0.2) is 5.11 Å². The lowest BCUT2D eigenvalue weighted by atomic mass is 10.3. The first-order valence-corrected chi connectivity index (χ1v) is 3.81. The summed E-state index contributed by atoms with van der Waals surface area (Å²) in [6, 6.07) is 5.33. The molecule has 1 aliphatic rings. The molecule has 4 heteroatoms. The maximum absolute atomic E-state index is 5.73. The topological polar surface area (TPSA) is 24.7 Å². The minimum absolute atomic E-state index is 0.377. The highest BCUT2D eigenvalue weighted by molar-refractivity contribution is 7.80. The molecule has 1 aliphatic heterocycles. The smallest absolute Gasteiger partial charge is 0.217 e. The van der Waals surface area contributed by atoms with Crippen LogP contribution >= 0.6 is 23.8 Å². The van der Waals surface area contributed by atoms with E-state index in [1.54, 1.807) is 18.2 Å². The van der Waals surface area contributed by atoms with Crippen molar-refractivity contribution in [1.29, 1.82) is 0 Å². The van der Waals surface area contributed by atoms with E-state index >= 15 is 0 Å². The van der Waals surface area contributed by atoms with Crippen LogP contribution in [0.2, 0.25) is 5.02 Å². The van der Waals surface area contributed by atoms with Gasteiger partial charge >= 0.3 is 0 Å². The van der Waals surface area contributed by atoms with E-state index in [4.69, 9.17) is 23.8 Å². The largest absolute Gasteiger partial charge is 0.220 e. The summed E-state index contributed by atoms with van der Waals surface area (Å²) >= 11 is 10.5. The second kappa shape index (κ2) is 2.36. The molecule has 0 saturated heterocycles. The monoisotopic (exact) mass is 182 g/mol. The molecule has 2 rings (SSSR count). The Bertz CT molecular complexity index is 438. The lowest BCUT2D eigenvalue weighted by Crippen LogP contribution is -2.20. The summed E-state index contributed by atoms with van der Waals surface area (Å²) < 4.78 is 0. The Morgan fingerprint density at radius 3 is 2.73 bits per heavy atom. The molecule has 0 aliphatic carbocycles. The third kappa shape index (κ3) is 1.17. The highest BCUT2D eigenvalue weighted by atomic mass is 35.5. The quantitative estimate of drug-likeness (QED) is 0.547. The van der Waals surface area contributed by atoms with Crippen molar-refractivity contribution < 1.29 is 0 Å². The summed E-state index contributed by atoms with van der Waals surface area (Å²) in [6.45, 7) is 0. The fourth-order valence-corrected chi connectivity index (χ4v) is 1.27. The van der Waals surface area contributed by atoms with E-state index in [9.17, 15) is 0 Å². The first kappa shape index (κ1) is 6.88. The zero-order valence-electron chi connectivity index (χ0n) is 5.41. The van der Waals surface area contributed by atoms with Crippen molar-refractivity contribution in [2.24, 2.45) is 9.98 Å². The van der Waals surface area contributed by atoms with Gasteiger partial charge in [0.05, 0.1) is 10.7 Å². The van der Waals surface area contributed by atoms with Gasteiger partial charge < -0.3 is 0 Å². The minimum atomic E-state index is 0.377. The van der Waals surface area contributed by atoms with Gasteiger partial charge in [0.25, 0.3) is 0 Å². The van der Waals surface area contributed by atoms with E-state index in [2.05, 4.69) is 9.98 Å². The molecule has 2 nitrogen and oxygen atoms in total. The summed E-state index contributed by atoms with van der Waals surface area (Å²) in [4.78, 5) is 7.99. The summed E-state index contributed by atoms with van der Waals surface area (Å²) in [5.41, 5.74) is 0. The molecule has 0 fully saturated rings. The van der Waals surface area contributed by atoms with Crippen LogP contribution < -0.4 is 10.7 Å². The zero-order chi connectivity index (χ0) is 7.84. The van der Waals surface area contributed by atoms with Crippen LogP contribution in [0.1, 0.15) is 0 Å². The van der Waals surface area contributed by atoms with Crippen molar-refractivity contribution in [3.05, 3.63) is 33.9 Å². The second-order valence-electron chi connectivity index (χ2n) is 2.14. The number of rotatable bonds is 0. The van der Waals surface area contributed by atoms with Crippen LogP contribution in [0.25, 0.3) is 0 Å². The minimum Gasteiger partial charge on any atom is -0.217 e. The molecule has 0 atom stereocenters. The molecule has 0 N–H and O–H groups in total. The lowest BCUT2D eigenvalue weighted by Gasteiger charge is -1.83. The fraction of sp³-hybridized carbons (Fsp3) is 0. The van der Waals surface area contributed by atoms with Gasteiger partial charge in [-0.2, -0.15) is 0 Å². The van der Waals surface area contributed by atoms with E-state index in [1.807, 2.05) is 0 Å². The van der Waals surface area contributed by atoms with Gasteiger partial charge in [0.1, 0.15) is 0 Å². The van der Waals surface area contributed by atoms with Crippen molar-refractivity contribution in [1.82, 2.24) is 0 Å². The second-order valence-corrected chi connectivity index (χ2v) is 2.94. The number of halogens is 1. The van der Waals surface area contributed by atoms with Crippen molar-refractivity contribution in [3.8, 4) is 0 Å². The first-order valence-electron chi connectivity index (χ1n) is 3.03. The van der Waals surface area contributed by atoms with Crippen LogP contribution in [0.3, 0.4) is 0 Å². The molecule has 1 aromatic carbocycles. The van der Waals surface area contributed by atoms with Crippen LogP contribution in [0, 0.1) is 0 Å². The number of nitrogens with zero attached hydrogens (tertiary/aromatic N) is 2. The zero-order valence-corrected chi connectivity index (χ0v) is 6.99. The molecule has 0 unspecified atom stereocenters. The summed E-state index contributed by atoms with van der Waals surface area (Å²) in [5.74, 6) is 0. The molecule has 11 heavy (non-hydrogen) atoms. The average molecular weight is 183 g/mol. The molecule has 0 saturated carbocycles. The fourth-order valence-electron chi connectivity index (χ4n) is 0.912. The summed E-state index contributed by atoms with van der Waals surface area (Å²) in [5, 5.41) is 2.61. The molecule has 54 valence electrons. The van der Waals surface area contributed by atoms with Gasteiger partial charge in [0.2, 0.25) is 5.11 Å². The molecule has 0 amide bonds. The maximum Gasteiger partial charge on any atom is 0.220 e. The summed E-state index contributed by atoms with van der Waals surface area (Å²) in [6.07, 6.45) is 0. The molecule has 1 aromatic rings. The number of fused-ring (bicyclic) bond motifs is 1. The Hall–Kier alpha value is -0.800. The molecular weight excluding hydrogens is 180 g/mol. The van der Waals surface area contributed by atoms with Gasteiger partial charge in [-0.3, -0.25) is 0 Å². The van der Waals surface area contributed by atoms with Gasteiger partial charge in [-0.05, 0) is 30.4 Å². The lowest BCUT2D eigenvalue weighted by molar-refractivity contribution is 1.37. The van der Waals surface area contributed by atoms with Gasteiger partial charge in [-0.15, -0.1) is 0 Å². The van der Waals surface area contributed by atoms with Gasteiger partial charge in [0.15, 0.2) is 0 Å². The van der Waals surface area contributed by atoms with Gasteiger partial charge in [-0.25, -0.2) is 9.98 Å². The Labute approximate surface area is 73.2 Å². The maximum atomic E-state index is 5.73. The standard InChI is InChI=1S/C7H3ClN2S/c8-4-1-2-5-6(3-4)10-7(11)9-5/h1-3H. The van der Waals surface area contributed by atoms with Gasteiger partial charge in [0, 0.05) is 5.02 Å². The number of hydrogen-bond donors (Lipinski definition) is 0. The van der Waals surface area contributed by atoms with Gasteiger partial charge in [-0.1, -0.05) is 11.6 Å². The van der Waals surface area contributed by atoms with Crippen LogP contribution in [0.15, 0.2) is 28.2 Å². The SMILES string of the molecule is S=C1N=c2ccc(Cl)cc2=N1. The van der Waals surface area contributed by atoms with Crippen molar-refractivity contribution in [2.75, 3.05) is 0 Å². The van der Waals surface area contributed by atoms with Crippen LogP contribution in [0.4, 0.5) is 0 Å². The Morgan fingerprint density at radius 1 is 1.18 bits per heavy atom. The molecular formula is C7H3ClN2S. The Morgan fingerprint density at radius 2 is 1.91 bits per heavy atom. The third-order valence-corrected chi connectivity index (χ3v) is 1.79. The van der Waals surface area contributed by atoms with E-state index in [-0.39, 0.29) is 0 Å². The third-order valence-electron chi connectivity index (χ3n) is 1.37. The van der Waals surface area contributed by atoms with E-state index in [0.29, 0.717) is 10.1 Å². The molecule has 0 aromatic heterocycles. The van der Waals surface area contributed by atoms with Crippen molar-refractivity contribution >= 4 is 28.9 Å². The van der Waals surface area contributed by atoms with E-state index < -0.39 is 0 Å². The van der Waals surface area contributed by atoms with Crippen LogP contribution in [-0.2, 0) is 0 Å². The van der Waals surface area contributed by atoms with E-state index in [0.717, 1.165) is 10.7 Å². The normalized spacial score (nSPS) is 13.7. The average Bonchev–Trinajstić information content (AvgIpc) is 2.27. The Balaban J connectivity index is 2.89. The highest BCUT2D eigenvalue weighted by Crippen LogP contribution is 2.00. The predicted molar refractivity (Wildman–Crippen MR) is 46.4 cm³/mol. The Kier molecular flexibility index (Phi) is 1.47. The highest BCUT2D eigenvalue weighted by Gasteiger charge is 2.00. The van der Waals surface area contributed by atoms with Crippen LogP contribution in [0.5, 0.6) is 0 Å². The molecule has 0 bridgehead atoms. The first-order chi connectivity index (χ1) is 5.25. The molecule has 0 radical (unpaired) electrons. The van der Waals surface area contributed by atoms with E-state index in [1.165, 1.54) is 0 Å². The number of benzene rings is 1. The van der Waals surface area contributed by atoms with Crippen molar-refractivity contribution in [3.63, 3.8) is 0 Å².